The largest absolute Gasteiger partial charge is 0.485 e. The molecule has 0 aliphatic heterocycles. The summed E-state index contributed by atoms with van der Waals surface area (Å²) in [7, 11) is 0. The number of halogens is 2. The molecule has 0 radical (unpaired) electrons. The minimum atomic E-state index is -2.75. The average Bonchev–Trinajstić information content (AvgIpc) is 3.13. The molecule has 0 aliphatic carbocycles. The average molecular weight is 426 g/mol. The number of aromatic nitrogens is 2. The van der Waals surface area contributed by atoms with Crippen LogP contribution in [-0.2, 0) is 0 Å². The highest BCUT2D eigenvalue weighted by Crippen LogP contribution is 2.27. The minimum absolute atomic E-state index is 0.0418. The molecule has 0 saturated carbocycles. The Morgan fingerprint density at radius 2 is 1.87 bits per heavy atom. The summed E-state index contributed by atoms with van der Waals surface area (Å²) in [6, 6.07) is 11.9. The molecular formula is C20H16F2N6O3. The molecular weight excluding hydrogens is 410 g/mol. The van der Waals surface area contributed by atoms with Gasteiger partial charge in [-0.2, -0.15) is 10.4 Å². The second-order valence-corrected chi connectivity index (χ2v) is 6.25. The molecule has 158 valence electrons. The summed E-state index contributed by atoms with van der Waals surface area (Å²) in [6.45, 7) is -0.921. The van der Waals surface area contributed by atoms with Crippen molar-refractivity contribution in [2.24, 2.45) is 5.73 Å². The molecule has 11 heteroatoms. The van der Waals surface area contributed by atoms with Crippen molar-refractivity contribution in [3.05, 3.63) is 65.4 Å². The van der Waals surface area contributed by atoms with Crippen molar-refractivity contribution in [1.29, 1.82) is 5.26 Å². The van der Waals surface area contributed by atoms with Crippen molar-refractivity contribution in [2.75, 3.05) is 17.7 Å². The number of alkyl halides is 2. The van der Waals surface area contributed by atoms with Crippen molar-refractivity contribution >= 4 is 23.3 Å². The van der Waals surface area contributed by atoms with Crippen molar-refractivity contribution in [3.8, 4) is 17.5 Å². The molecule has 9 nitrogen and oxygen atoms in total. The fraction of sp³-hybridized carbons (Fsp3) is 0.100. The number of amides is 2. The monoisotopic (exact) mass is 426 g/mol. The van der Waals surface area contributed by atoms with Crippen LogP contribution in [-0.4, -0.2) is 34.6 Å². The molecule has 0 saturated heterocycles. The predicted molar refractivity (Wildman–Crippen MR) is 107 cm³/mol. The van der Waals surface area contributed by atoms with Gasteiger partial charge < -0.3 is 21.5 Å². The van der Waals surface area contributed by atoms with Gasteiger partial charge in [-0.25, -0.2) is 13.5 Å². The molecule has 0 spiro atoms. The molecule has 1 aromatic heterocycles. The number of nitriles is 1. The van der Waals surface area contributed by atoms with Gasteiger partial charge in [-0.1, -0.05) is 0 Å². The second kappa shape index (κ2) is 8.91. The summed E-state index contributed by atoms with van der Waals surface area (Å²) in [6.07, 6.45) is -1.42. The number of nitrogens with two attached hydrogens (primary N) is 2. The number of carbonyl (C=O) groups excluding carboxylic acids is 2. The quantitative estimate of drug-likeness (QED) is 0.528. The standard InChI is InChI=1S/C20H16F2N6O3/c21-17(22)10-31-16-7-12(19(25)29)3-6-15(16)27-20(30)11-1-4-14(5-2-11)28-18(24)13(8-23)9-26-28/h1-7,9,17H,10,24H2,(H2,25,29)(H,27,30). The van der Waals surface area contributed by atoms with Gasteiger partial charge >= 0.3 is 0 Å². The maximum atomic E-state index is 12.6. The fourth-order valence-corrected chi connectivity index (χ4v) is 2.65. The van der Waals surface area contributed by atoms with E-state index in [9.17, 15) is 18.4 Å². The lowest BCUT2D eigenvalue weighted by Gasteiger charge is -2.13. The molecule has 0 fully saturated rings. The third-order valence-electron chi connectivity index (χ3n) is 4.18. The van der Waals surface area contributed by atoms with Crippen LogP contribution in [0.2, 0.25) is 0 Å². The Bertz CT molecular complexity index is 1170. The lowest BCUT2D eigenvalue weighted by Crippen LogP contribution is -2.16. The third-order valence-corrected chi connectivity index (χ3v) is 4.18. The van der Waals surface area contributed by atoms with Crippen LogP contribution in [0.4, 0.5) is 20.3 Å². The summed E-state index contributed by atoms with van der Waals surface area (Å²) < 4.78 is 31.4. The molecule has 0 aliphatic rings. The highest BCUT2D eigenvalue weighted by Gasteiger charge is 2.15. The zero-order valence-corrected chi connectivity index (χ0v) is 15.9. The number of anilines is 2. The molecule has 0 bridgehead atoms. The van der Waals surface area contributed by atoms with E-state index in [1.54, 1.807) is 12.1 Å². The van der Waals surface area contributed by atoms with E-state index in [0.29, 0.717) is 5.69 Å². The van der Waals surface area contributed by atoms with E-state index in [-0.39, 0.29) is 33.9 Å². The van der Waals surface area contributed by atoms with Crippen LogP contribution in [0.5, 0.6) is 5.75 Å². The first-order chi connectivity index (χ1) is 14.8. The summed E-state index contributed by atoms with van der Waals surface area (Å²) in [5, 5.41) is 15.5. The molecule has 0 unspecified atom stereocenters. The Labute approximate surface area is 174 Å². The number of hydrogen-bond donors (Lipinski definition) is 3. The van der Waals surface area contributed by atoms with Gasteiger partial charge in [-0.05, 0) is 42.5 Å². The van der Waals surface area contributed by atoms with Gasteiger partial charge in [-0.3, -0.25) is 9.59 Å². The van der Waals surface area contributed by atoms with Gasteiger partial charge in [0.1, 0.15) is 29.8 Å². The Morgan fingerprint density at radius 1 is 1.19 bits per heavy atom. The zero-order chi connectivity index (χ0) is 22.5. The first-order valence-corrected chi connectivity index (χ1v) is 8.80. The van der Waals surface area contributed by atoms with Gasteiger partial charge in [0, 0.05) is 11.1 Å². The van der Waals surface area contributed by atoms with Crippen molar-refractivity contribution in [2.45, 2.75) is 6.43 Å². The molecule has 3 rings (SSSR count). The zero-order valence-electron chi connectivity index (χ0n) is 15.9. The molecule has 3 aromatic rings. The summed E-state index contributed by atoms with van der Waals surface area (Å²) in [5.41, 5.74) is 12.2. The lowest BCUT2D eigenvalue weighted by atomic mass is 10.1. The first-order valence-electron chi connectivity index (χ1n) is 8.80. The number of nitrogens with zero attached hydrogens (tertiary/aromatic N) is 3. The van der Waals surface area contributed by atoms with Gasteiger partial charge in [-0.15, -0.1) is 0 Å². The third kappa shape index (κ3) is 4.76. The van der Waals surface area contributed by atoms with E-state index in [1.807, 2.05) is 6.07 Å². The maximum absolute atomic E-state index is 12.6. The SMILES string of the molecule is N#Cc1cnn(-c2ccc(C(=O)Nc3ccc(C(N)=O)cc3OCC(F)F)cc2)c1N. The Kier molecular flexibility index (Phi) is 6.11. The van der Waals surface area contributed by atoms with Crippen molar-refractivity contribution in [3.63, 3.8) is 0 Å². The van der Waals surface area contributed by atoms with Crippen LogP contribution in [0.1, 0.15) is 26.3 Å². The molecule has 5 N–H and O–H groups in total. The summed E-state index contributed by atoms with van der Waals surface area (Å²) >= 11 is 0. The Hall–Kier alpha value is -4.46. The van der Waals surface area contributed by atoms with Gasteiger partial charge in [0.15, 0.2) is 0 Å². The molecule has 31 heavy (non-hydrogen) atoms. The molecule has 0 atom stereocenters. The van der Waals surface area contributed by atoms with Crippen LogP contribution in [0, 0.1) is 11.3 Å². The van der Waals surface area contributed by atoms with Crippen LogP contribution in [0.3, 0.4) is 0 Å². The molecule has 2 amide bonds. The van der Waals surface area contributed by atoms with Crippen molar-refractivity contribution < 1.29 is 23.1 Å². The van der Waals surface area contributed by atoms with Crippen molar-refractivity contribution in [1.82, 2.24) is 9.78 Å². The number of nitrogens with one attached hydrogen (secondary N) is 1. The Balaban J connectivity index is 1.81. The normalized spacial score (nSPS) is 10.5. The highest BCUT2D eigenvalue weighted by atomic mass is 19.3. The van der Waals surface area contributed by atoms with Gasteiger partial charge in [0.05, 0.1) is 17.6 Å². The van der Waals surface area contributed by atoms with Crippen LogP contribution in [0.15, 0.2) is 48.7 Å². The van der Waals surface area contributed by atoms with E-state index < -0.39 is 24.8 Å². The van der Waals surface area contributed by atoms with Gasteiger partial charge in [0.2, 0.25) is 5.91 Å². The highest BCUT2D eigenvalue weighted by molar-refractivity contribution is 6.05. The van der Waals surface area contributed by atoms with E-state index in [4.69, 9.17) is 21.5 Å². The summed E-state index contributed by atoms with van der Waals surface area (Å²) in [4.78, 5) is 23.9. The fourth-order valence-electron chi connectivity index (χ4n) is 2.65. The van der Waals surface area contributed by atoms with E-state index in [1.165, 1.54) is 41.2 Å². The van der Waals surface area contributed by atoms with Gasteiger partial charge in [0.25, 0.3) is 12.3 Å². The topological polar surface area (TPSA) is 149 Å². The number of rotatable bonds is 7. The molecule has 2 aromatic carbocycles. The van der Waals surface area contributed by atoms with E-state index >= 15 is 0 Å². The maximum Gasteiger partial charge on any atom is 0.272 e. The lowest BCUT2D eigenvalue weighted by molar-refractivity contribution is 0.0821. The number of hydrogen-bond acceptors (Lipinski definition) is 6. The van der Waals surface area contributed by atoms with E-state index in [2.05, 4.69) is 10.4 Å². The molecule has 1 heterocycles. The predicted octanol–water partition coefficient (Wildman–Crippen LogP) is 2.32. The number of primary amides is 1. The summed E-state index contributed by atoms with van der Waals surface area (Å²) in [5.74, 6) is -1.27. The number of ether oxygens (including phenoxy) is 1. The van der Waals surface area contributed by atoms with Crippen LogP contribution >= 0.6 is 0 Å². The smallest absolute Gasteiger partial charge is 0.272 e. The number of benzene rings is 2. The Morgan fingerprint density at radius 3 is 2.45 bits per heavy atom. The first kappa shape index (κ1) is 21.3. The van der Waals surface area contributed by atoms with Crippen LogP contribution in [0.25, 0.3) is 5.69 Å². The van der Waals surface area contributed by atoms with Crippen LogP contribution < -0.4 is 21.5 Å². The number of nitrogen functional groups attached to an aromatic ring is 1. The minimum Gasteiger partial charge on any atom is -0.485 e. The number of carbonyl (C=O) groups is 2. The van der Waals surface area contributed by atoms with E-state index in [0.717, 1.165) is 0 Å². The second-order valence-electron chi connectivity index (χ2n) is 6.25.